The normalized spacial score (nSPS) is 10.4. The van der Waals surface area contributed by atoms with Crippen LogP contribution in [0.25, 0.3) is 11.3 Å². The first-order valence-electron chi connectivity index (χ1n) is 6.84. The topological polar surface area (TPSA) is 75.1 Å². The largest absolute Gasteiger partial charge is 0.481 e. The van der Waals surface area contributed by atoms with Crippen LogP contribution in [-0.2, 0) is 4.79 Å². The Balaban J connectivity index is 2.27. The lowest BCUT2D eigenvalue weighted by Gasteiger charge is -2.10. The van der Waals surface area contributed by atoms with Gasteiger partial charge in [0, 0.05) is 17.8 Å². The molecule has 0 unspecified atom stereocenters. The Hall–Kier alpha value is -2.43. The standard InChI is InChI=1S/C16H19N3O2/c1-10-4-5-13(11(2)8-10)14-9-12(3)18-16(19-14)17-7-6-15(20)21/h4-5,8-9H,6-7H2,1-3H3,(H,20,21)(H,17,18,19). The first-order valence-corrected chi connectivity index (χ1v) is 6.84. The molecule has 0 atom stereocenters. The van der Waals surface area contributed by atoms with Crippen LogP contribution in [0.2, 0.25) is 0 Å². The summed E-state index contributed by atoms with van der Waals surface area (Å²) in [6.07, 6.45) is 0.0379. The molecule has 5 nitrogen and oxygen atoms in total. The van der Waals surface area contributed by atoms with Gasteiger partial charge < -0.3 is 10.4 Å². The Morgan fingerprint density at radius 3 is 2.62 bits per heavy atom. The van der Waals surface area contributed by atoms with Crippen molar-refractivity contribution in [1.29, 1.82) is 0 Å². The molecule has 110 valence electrons. The number of rotatable bonds is 5. The molecule has 21 heavy (non-hydrogen) atoms. The number of carbonyl (C=O) groups is 1. The van der Waals surface area contributed by atoms with E-state index >= 15 is 0 Å². The van der Waals surface area contributed by atoms with Gasteiger partial charge in [0.1, 0.15) is 0 Å². The van der Waals surface area contributed by atoms with E-state index in [-0.39, 0.29) is 6.42 Å². The van der Waals surface area contributed by atoms with E-state index in [0.717, 1.165) is 22.5 Å². The quantitative estimate of drug-likeness (QED) is 0.883. The second-order valence-corrected chi connectivity index (χ2v) is 5.11. The molecule has 5 heteroatoms. The molecule has 1 heterocycles. The summed E-state index contributed by atoms with van der Waals surface area (Å²) in [4.78, 5) is 19.3. The highest BCUT2D eigenvalue weighted by Crippen LogP contribution is 2.23. The lowest BCUT2D eigenvalue weighted by molar-refractivity contribution is -0.136. The van der Waals surface area contributed by atoms with Crippen LogP contribution in [0.3, 0.4) is 0 Å². The van der Waals surface area contributed by atoms with Gasteiger partial charge >= 0.3 is 5.97 Å². The second-order valence-electron chi connectivity index (χ2n) is 5.11. The molecule has 2 rings (SSSR count). The van der Waals surface area contributed by atoms with Gasteiger partial charge in [-0.1, -0.05) is 23.8 Å². The van der Waals surface area contributed by atoms with E-state index in [1.807, 2.05) is 19.1 Å². The fourth-order valence-corrected chi connectivity index (χ4v) is 2.17. The maximum atomic E-state index is 10.5. The lowest BCUT2D eigenvalue weighted by Crippen LogP contribution is -2.10. The van der Waals surface area contributed by atoms with E-state index in [0.29, 0.717) is 12.5 Å². The lowest BCUT2D eigenvalue weighted by atomic mass is 10.0. The number of nitrogens with zero attached hydrogens (tertiary/aromatic N) is 2. The highest BCUT2D eigenvalue weighted by molar-refractivity contribution is 5.67. The molecule has 2 N–H and O–H groups in total. The number of aromatic nitrogens is 2. The fourth-order valence-electron chi connectivity index (χ4n) is 2.17. The summed E-state index contributed by atoms with van der Waals surface area (Å²) in [5, 5.41) is 11.6. The van der Waals surface area contributed by atoms with Crippen molar-refractivity contribution in [3.63, 3.8) is 0 Å². The van der Waals surface area contributed by atoms with Gasteiger partial charge in [0.2, 0.25) is 5.95 Å². The Bertz CT molecular complexity index is 669. The minimum atomic E-state index is -0.843. The molecule has 0 bridgehead atoms. The van der Waals surface area contributed by atoms with Crippen LogP contribution in [0.15, 0.2) is 24.3 Å². The average Bonchev–Trinajstić information content (AvgIpc) is 2.37. The molecular formula is C16H19N3O2. The first-order chi connectivity index (χ1) is 9.95. The number of carboxylic acids is 1. The zero-order valence-corrected chi connectivity index (χ0v) is 12.5. The van der Waals surface area contributed by atoms with Crippen molar-refractivity contribution in [2.45, 2.75) is 27.2 Å². The summed E-state index contributed by atoms with van der Waals surface area (Å²) in [6.45, 7) is 6.32. The molecule has 0 amide bonds. The van der Waals surface area contributed by atoms with Gasteiger partial charge in [0.25, 0.3) is 0 Å². The predicted molar refractivity (Wildman–Crippen MR) is 82.4 cm³/mol. The van der Waals surface area contributed by atoms with Crippen LogP contribution in [0.5, 0.6) is 0 Å². The predicted octanol–water partition coefficient (Wildman–Crippen LogP) is 2.96. The molecule has 0 saturated heterocycles. The molecule has 0 fully saturated rings. The van der Waals surface area contributed by atoms with Crippen LogP contribution in [0.1, 0.15) is 23.2 Å². The number of hydrogen-bond acceptors (Lipinski definition) is 4. The first kappa shape index (κ1) is 15.0. The molecule has 0 saturated carbocycles. The number of carboxylic acid groups (broad SMARTS) is 1. The van der Waals surface area contributed by atoms with Crippen molar-refractivity contribution in [2.24, 2.45) is 0 Å². The van der Waals surface area contributed by atoms with Crippen LogP contribution in [0, 0.1) is 20.8 Å². The molecule has 0 aliphatic rings. The van der Waals surface area contributed by atoms with Crippen molar-refractivity contribution in [3.05, 3.63) is 41.1 Å². The molecular weight excluding hydrogens is 266 g/mol. The van der Waals surface area contributed by atoms with Gasteiger partial charge in [-0.3, -0.25) is 4.79 Å². The minimum absolute atomic E-state index is 0.0379. The average molecular weight is 285 g/mol. The summed E-state index contributed by atoms with van der Waals surface area (Å²) in [5.41, 5.74) is 5.12. The van der Waals surface area contributed by atoms with Crippen molar-refractivity contribution in [2.75, 3.05) is 11.9 Å². The van der Waals surface area contributed by atoms with E-state index in [1.54, 1.807) is 0 Å². The zero-order valence-electron chi connectivity index (χ0n) is 12.5. The summed E-state index contributed by atoms with van der Waals surface area (Å²) in [7, 11) is 0. The molecule has 0 spiro atoms. The molecule has 2 aromatic rings. The maximum Gasteiger partial charge on any atom is 0.305 e. The monoisotopic (exact) mass is 285 g/mol. The van der Waals surface area contributed by atoms with Crippen LogP contribution < -0.4 is 5.32 Å². The van der Waals surface area contributed by atoms with E-state index < -0.39 is 5.97 Å². The molecule has 0 aliphatic carbocycles. The van der Waals surface area contributed by atoms with Crippen LogP contribution >= 0.6 is 0 Å². The van der Waals surface area contributed by atoms with Crippen LogP contribution in [0.4, 0.5) is 5.95 Å². The third-order valence-electron chi connectivity index (χ3n) is 3.13. The minimum Gasteiger partial charge on any atom is -0.481 e. The number of nitrogens with one attached hydrogen (secondary N) is 1. The molecule has 0 radical (unpaired) electrons. The van der Waals surface area contributed by atoms with Gasteiger partial charge in [0.15, 0.2) is 0 Å². The van der Waals surface area contributed by atoms with Crippen molar-refractivity contribution in [1.82, 2.24) is 9.97 Å². The Labute approximate surface area is 124 Å². The van der Waals surface area contributed by atoms with Crippen molar-refractivity contribution in [3.8, 4) is 11.3 Å². The van der Waals surface area contributed by atoms with Crippen molar-refractivity contribution >= 4 is 11.9 Å². The van der Waals surface area contributed by atoms with Gasteiger partial charge in [-0.25, -0.2) is 9.97 Å². The van der Waals surface area contributed by atoms with Gasteiger partial charge in [-0.15, -0.1) is 0 Å². The summed E-state index contributed by atoms with van der Waals surface area (Å²) >= 11 is 0. The SMILES string of the molecule is Cc1ccc(-c2cc(C)nc(NCCC(=O)O)n2)c(C)c1. The molecule has 1 aromatic carbocycles. The summed E-state index contributed by atoms with van der Waals surface area (Å²) < 4.78 is 0. The smallest absolute Gasteiger partial charge is 0.305 e. The molecule has 0 aliphatic heterocycles. The summed E-state index contributed by atoms with van der Waals surface area (Å²) in [5.74, 6) is -0.379. The Kier molecular flexibility index (Phi) is 4.52. The number of anilines is 1. The summed E-state index contributed by atoms with van der Waals surface area (Å²) in [6, 6.07) is 8.15. The van der Waals surface area contributed by atoms with Crippen molar-refractivity contribution < 1.29 is 9.90 Å². The molecule has 1 aromatic heterocycles. The highest BCUT2D eigenvalue weighted by atomic mass is 16.4. The van der Waals surface area contributed by atoms with E-state index in [4.69, 9.17) is 5.11 Å². The third kappa shape index (κ3) is 4.02. The van der Waals surface area contributed by atoms with Gasteiger partial charge in [0.05, 0.1) is 12.1 Å². The fraction of sp³-hybridized carbons (Fsp3) is 0.312. The van der Waals surface area contributed by atoms with E-state index in [1.165, 1.54) is 5.56 Å². The van der Waals surface area contributed by atoms with E-state index in [2.05, 4.69) is 41.3 Å². The number of aliphatic carboxylic acids is 1. The van der Waals surface area contributed by atoms with Crippen LogP contribution in [-0.4, -0.2) is 27.6 Å². The number of benzene rings is 1. The zero-order chi connectivity index (χ0) is 15.4. The third-order valence-corrected chi connectivity index (χ3v) is 3.13. The van der Waals surface area contributed by atoms with Gasteiger partial charge in [-0.2, -0.15) is 0 Å². The number of hydrogen-bond donors (Lipinski definition) is 2. The van der Waals surface area contributed by atoms with E-state index in [9.17, 15) is 4.79 Å². The number of aryl methyl sites for hydroxylation is 3. The Morgan fingerprint density at radius 1 is 1.19 bits per heavy atom. The van der Waals surface area contributed by atoms with Gasteiger partial charge in [-0.05, 0) is 32.4 Å². The Morgan fingerprint density at radius 2 is 1.95 bits per heavy atom. The second kappa shape index (κ2) is 6.35. The maximum absolute atomic E-state index is 10.5. The highest BCUT2D eigenvalue weighted by Gasteiger charge is 2.07.